The minimum absolute atomic E-state index is 0.00141. The first-order valence-electron chi connectivity index (χ1n) is 6.13. The monoisotopic (exact) mass is 257 g/mol. The van der Waals surface area contributed by atoms with Crippen molar-refractivity contribution in [1.82, 2.24) is 15.2 Å². The van der Waals surface area contributed by atoms with Crippen LogP contribution in [0, 0.1) is 18.3 Å². The fourth-order valence-electron chi connectivity index (χ4n) is 2.00. The number of amides is 2. The second kappa shape index (κ2) is 6.01. The highest BCUT2D eigenvalue weighted by atomic mass is 16.2. The SMILES string of the molecule is C#CC1CC(=O)N(CCNC(=O)c2cccnc2)C1. The van der Waals surface area contributed by atoms with Gasteiger partial charge in [0.05, 0.1) is 5.56 Å². The van der Waals surface area contributed by atoms with Crippen LogP contribution in [0.3, 0.4) is 0 Å². The molecule has 2 rings (SSSR count). The van der Waals surface area contributed by atoms with Crippen LogP contribution in [0.5, 0.6) is 0 Å². The predicted molar refractivity (Wildman–Crippen MR) is 70.1 cm³/mol. The van der Waals surface area contributed by atoms with E-state index in [0.29, 0.717) is 31.6 Å². The van der Waals surface area contributed by atoms with Crippen LogP contribution in [0.4, 0.5) is 0 Å². The lowest BCUT2D eigenvalue weighted by molar-refractivity contribution is -0.127. The van der Waals surface area contributed by atoms with Gasteiger partial charge in [0.25, 0.3) is 5.91 Å². The van der Waals surface area contributed by atoms with Gasteiger partial charge in [0, 0.05) is 44.4 Å². The number of rotatable bonds is 4. The number of aromatic nitrogens is 1. The zero-order valence-corrected chi connectivity index (χ0v) is 10.5. The van der Waals surface area contributed by atoms with E-state index in [1.54, 1.807) is 23.2 Å². The first-order valence-corrected chi connectivity index (χ1v) is 6.13. The first kappa shape index (κ1) is 13.1. The Labute approximate surface area is 112 Å². The summed E-state index contributed by atoms with van der Waals surface area (Å²) in [5.74, 6) is 2.46. The highest BCUT2D eigenvalue weighted by Crippen LogP contribution is 2.15. The molecule has 0 saturated carbocycles. The van der Waals surface area contributed by atoms with Crippen LogP contribution in [-0.4, -0.2) is 41.3 Å². The molecule has 0 aliphatic carbocycles. The van der Waals surface area contributed by atoms with E-state index in [-0.39, 0.29) is 17.7 Å². The Morgan fingerprint density at radius 2 is 2.47 bits per heavy atom. The Kier molecular flexibility index (Phi) is 4.14. The Morgan fingerprint density at radius 1 is 1.63 bits per heavy atom. The molecule has 0 bridgehead atoms. The van der Waals surface area contributed by atoms with Crippen LogP contribution in [0.1, 0.15) is 16.8 Å². The molecule has 1 aromatic rings. The van der Waals surface area contributed by atoms with Crippen LogP contribution < -0.4 is 5.32 Å². The number of likely N-dealkylation sites (tertiary alicyclic amines) is 1. The number of pyridine rings is 1. The summed E-state index contributed by atoms with van der Waals surface area (Å²) in [7, 11) is 0. The van der Waals surface area contributed by atoms with Gasteiger partial charge < -0.3 is 10.2 Å². The van der Waals surface area contributed by atoms with Crippen LogP contribution in [0.15, 0.2) is 24.5 Å². The lowest BCUT2D eigenvalue weighted by atomic mass is 10.1. The molecule has 1 aliphatic rings. The maximum absolute atomic E-state index is 11.7. The van der Waals surface area contributed by atoms with Crippen molar-refractivity contribution in [3.8, 4) is 12.3 Å². The average Bonchev–Trinajstić information content (AvgIpc) is 2.80. The third kappa shape index (κ3) is 3.32. The highest BCUT2D eigenvalue weighted by molar-refractivity contribution is 5.93. The van der Waals surface area contributed by atoms with Gasteiger partial charge in [-0.2, -0.15) is 0 Å². The summed E-state index contributed by atoms with van der Waals surface area (Å²) in [4.78, 5) is 28.9. The molecule has 2 heterocycles. The van der Waals surface area contributed by atoms with E-state index >= 15 is 0 Å². The van der Waals surface area contributed by atoms with Gasteiger partial charge in [-0.1, -0.05) is 0 Å². The molecule has 1 unspecified atom stereocenters. The number of carbonyl (C=O) groups excluding carboxylic acids is 2. The molecular formula is C14H15N3O2. The third-order valence-electron chi connectivity index (χ3n) is 3.04. The Bertz CT molecular complexity index is 507. The lowest BCUT2D eigenvalue weighted by Gasteiger charge is -2.15. The molecule has 1 saturated heterocycles. The number of carbonyl (C=O) groups is 2. The van der Waals surface area contributed by atoms with E-state index in [9.17, 15) is 9.59 Å². The summed E-state index contributed by atoms with van der Waals surface area (Å²) < 4.78 is 0. The van der Waals surface area contributed by atoms with Gasteiger partial charge in [-0.15, -0.1) is 12.3 Å². The largest absolute Gasteiger partial charge is 0.350 e. The molecule has 5 nitrogen and oxygen atoms in total. The summed E-state index contributed by atoms with van der Waals surface area (Å²) >= 11 is 0. The van der Waals surface area contributed by atoms with E-state index in [4.69, 9.17) is 6.42 Å². The van der Waals surface area contributed by atoms with E-state index in [1.807, 2.05) is 0 Å². The van der Waals surface area contributed by atoms with Gasteiger partial charge in [0.15, 0.2) is 0 Å². The minimum Gasteiger partial charge on any atom is -0.350 e. The molecule has 5 heteroatoms. The van der Waals surface area contributed by atoms with Crippen molar-refractivity contribution < 1.29 is 9.59 Å². The molecule has 1 N–H and O–H groups in total. The molecule has 1 aromatic heterocycles. The molecule has 0 radical (unpaired) electrons. The van der Waals surface area contributed by atoms with Gasteiger partial charge in [-0.25, -0.2) is 0 Å². The summed E-state index contributed by atoms with van der Waals surface area (Å²) in [6.45, 7) is 1.48. The van der Waals surface area contributed by atoms with E-state index in [0.717, 1.165) is 0 Å². The lowest BCUT2D eigenvalue weighted by Crippen LogP contribution is -2.35. The van der Waals surface area contributed by atoms with Crippen LogP contribution in [0.2, 0.25) is 0 Å². The van der Waals surface area contributed by atoms with Gasteiger partial charge >= 0.3 is 0 Å². The number of hydrogen-bond donors (Lipinski definition) is 1. The molecule has 2 amide bonds. The fourth-order valence-corrected chi connectivity index (χ4v) is 2.00. The standard InChI is InChI=1S/C14H15N3O2/c1-2-11-8-13(18)17(10-11)7-6-16-14(19)12-4-3-5-15-9-12/h1,3-5,9,11H,6-8,10H2,(H,16,19). The van der Waals surface area contributed by atoms with E-state index in [1.165, 1.54) is 6.20 Å². The highest BCUT2D eigenvalue weighted by Gasteiger charge is 2.27. The van der Waals surface area contributed by atoms with Crippen LogP contribution in [0.25, 0.3) is 0 Å². The van der Waals surface area contributed by atoms with Crippen LogP contribution in [-0.2, 0) is 4.79 Å². The molecule has 98 valence electrons. The summed E-state index contributed by atoms with van der Waals surface area (Å²) in [6, 6.07) is 3.40. The molecule has 0 spiro atoms. The second-order valence-corrected chi connectivity index (χ2v) is 4.41. The smallest absolute Gasteiger partial charge is 0.252 e. The summed E-state index contributed by atoms with van der Waals surface area (Å²) in [5, 5.41) is 2.75. The van der Waals surface area contributed by atoms with Crippen LogP contribution >= 0.6 is 0 Å². The third-order valence-corrected chi connectivity index (χ3v) is 3.04. The van der Waals surface area contributed by atoms with Gasteiger partial charge in [-0.3, -0.25) is 14.6 Å². The zero-order valence-electron chi connectivity index (χ0n) is 10.5. The van der Waals surface area contributed by atoms with Crippen molar-refractivity contribution in [2.75, 3.05) is 19.6 Å². The van der Waals surface area contributed by atoms with Gasteiger partial charge in [0.1, 0.15) is 0 Å². The van der Waals surface area contributed by atoms with Crippen molar-refractivity contribution in [3.63, 3.8) is 0 Å². The molecule has 1 atom stereocenters. The quantitative estimate of drug-likeness (QED) is 0.789. The fraction of sp³-hybridized carbons (Fsp3) is 0.357. The van der Waals surface area contributed by atoms with Gasteiger partial charge in [-0.05, 0) is 12.1 Å². The van der Waals surface area contributed by atoms with Crippen molar-refractivity contribution in [3.05, 3.63) is 30.1 Å². The van der Waals surface area contributed by atoms with Crippen molar-refractivity contribution in [2.24, 2.45) is 5.92 Å². The minimum atomic E-state index is -0.187. The Hall–Kier alpha value is -2.35. The maximum atomic E-state index is 11.7. The topological polar surface area (TPSA) is 62.3 Å². The molecule has 1 aliphatic heterocycles. The molecule has 19 heavy (non-hydrogen) atoms. The number of nitrogens with one attached hydrogen (secondary N) is 1. The summed E-state index contributed by atoms with van der Waals surface area (Å²) in [5.41, 5.74) is 0.511. The number of terminal acetylenes is 1. The average molecular weight is 257 g/mol. The molecule has 1 fully saturated rings. The van der Waals surface area contributed by atoms with E-state index in [2.05, 4.69) is 16.2 Å². The predicted octanol–water partition coefficient (Wildman–Crippen LogP) is 0.293. The first-order chi connectivity index (χ1) is 9.20. The second-order valence-electron chi connectivity index (χ2n) is 4.41. The van der Waals surface area contributed by atoms with Crippen molar-refractivity contribution >= 4 is 11.8 Å². The normalized spacial score (nSPS) is 18.2. The summed E-state index contributed by atoms with van der Waals surface area (Å²) in [6.07, 6.45) is 8.83. The number of hydrogen-bond acceptors (Lipinski definition) is 3. The zero-order chi connectivity index (χ0) is 13.7. The van der Waals surface area contributed by atoms with Crippen molar-refractivity contribution in [1.29, 1.82) is 0 Å². The van der Waals surface area contributed by atoms with E-state index < -0.39 is 0 Å². The molecular weight excluding hydrogens is 242 g/mol. The maximum Gasteiger partial charge on any atom is 0.252 e. The van der Waals surface area contributed by atoms with Gasteiger partial charge in [0.2, 0.25) is 5.91 Å². The number of nitrogens with zero attached hydrogens (tertiary/aromatic N) is 2. The Morgan fingerprint density at radius 3 is 3.11 bits per heavy atom. The Balaban J connectivity index is 1.77. The molecule has 0 aromatic carbocycles. The van der Waals surface area contributed by atoms with Crippen molar-refractivity contribution in [2.45, 2.75) is 6.42 Å².